The van der Waals surface area contributed by atoms with Crippen LogP contribution in [-0.2, 0) is 9.59 Å². The van der Waals surface area contributed by atoms with E-state index in [1.165, 1.54) is 33.3 Å². The minimum Gasteiger partial charge on any atom is -0.497 e. The monoisotopic (exact) mass is 387 g/mol. The molecule has 0 aliphatic carbocycles. The van der Waals surface area contributed by atoms with Gasteiger partial charge in [0.2, 0.25) is 5.91 Å². The van der Waals surface area contributed by atoms with E-state index < -0.39 is 11.8 Å². The van der Waals surface area contributed by atoms with Crippen LogP contribution in [0.25, 0.3) is 0 Å². The van der Waals surface area contributed by atoms with Crippen molar-refractivity contribution in [1.82, 2.24) is 0 Å². The fourth-order valence-electron chi connectivity index (χ4n) is 2.37. The van der Waals surface area contributed by atoms with Crippen molar-refractivity contribution in [2.24, 2.45) is 5.73 Å². The highest BCUT2D eigenvalue weighted by atomic mass is 16.5. The van der Waals surface area contributed by atoms with E-state index in [1.54, 1.807) is 24.3 Å². The Morgan fingerprint density at radius 2 is 1.71 bits per heavy atom. The van der Waals surface area contributed by atoms with Crippen molar-refractivity contribution in [2.75, 3.05) is 31.5 Å². The lowest BCUT2D eigenvalue weighted by atomic mass is 10.2. The van der Waals surface area contributed by atoms with Gasteiger partial charge in [0.1, 0.15) is 17.2 Å². The van der Waals surface area contributed by atoms with Crippen molar-refractivity contribution in [2.45, 2.75) is 6.92 Å². The number of amides is 3. The van der Waals surface area contributed by atoms with Crippen molar-refractivity contribution in [1.29, 1.82) is 0 Å². The van der Waals surface area contributed by atoms with Crippen LogP contribution in [0.15, 0.2) is 36.4 Å². The Kier molecular flexibility index (Phi) is 6.80. The lowest BCUT2D eigenvalue weighted by Gasteiger charge is -2.14. The largest absolute Gasteiger partial charge is 0.497 e. The van der Waals surface area contributed by atoms with Crippen molar-refractivity contribution in [3.63, 3.8) is 0 Å². The highest BCUT2D eigenvalue weighted by molar-refractivity contribution is 5.97. The Labute approximate surface area is 161 Å². The SMILES string of the molecule is COc1ccc(C(N)=O)c(OCC(=O)Nc2cc(NC(C)=O)ccc2OC)c1. The average molecular weight is 387 g/mol. The summed E-state index contributed by atoms with van der Waals surface area (Å²) >= 11 is 0. The molecule has 28 heavy (non-hydrogen) atoms. The van der Waals surface area contributed by atoms with Gasteiger partial charge in [-0.3, -0.25) is 14.4 Å². The van der Waals surface area contributed by atoms with Gasteiger partial charge in [-0.25, -0.2) is 0 Å². The van der Waals surface area contributed by atoms with E-state index in [0.717, 1.165) is 0 Å². The number of ether oxygens (including phenoxy) is 3. The van der Waals surface area contributed by atoms with Gasteiger partial charge in [-0.05, 0) is 30.3 Å². The standard InChI is InChI=1S/C19H21N3O6/c1-11(23)21-12-4-7-16(27-3)15(8-12)22-18(24)10-28-17-9-13(26-2)5-6-14(17)19(20)25/h4-9H,10H2,1-3H3,(H2,20,25)(H,21,23)(H,22,24). The third-order valence-electron chi connectivity index (χ3n) is 3.61. The number of methoxy groups -OCH3 is 2. The van der Waals surface area contributed by atoms with E-state index in [4.69, 9.17) is 19.9 Å². The van der Waals surface area contributed by atoms with Gasteiger partial charge < -0.3 is 30.6 Å². The zero-order chi connectivity index (χ0) is 20.7. The summed E-state index contributed by atoms with van der Waals surface area (Å²) < 4.78 is 15.7. The van der Waals surface area contributed by atoms with Crippen LogP contribution in [0, 0.1) is 0 Å². The summed E-state index contributed by atoms with van der Waals surface area (Å²) in [5.74, 6) is -0.463. The van der Waals surface area contributed by atoms with E-state index in [9.17, 15) is 14.4 Å². The maximum Gasteiger partial charge on any atom is 0.262 e. The van der Waals surface area contributed by atoms with Gasteiger partial charge in [0.15, 0.2) is 6.61 Å². The first-order valence-electron chi connectivity index (χ1n) is 8.20. The zero-order valence-corrected chi connectivity index (χ0v) is 15.7. The number of anilines is 2. The molecule has 3 amide bonds. The first-order chi connectivity index (χ1) is 13.3. The predicted molar refractivity (Wildman–Crippen MR) is 103 cm³/mol. The Morgan fingerprint density at radius 1 is 0.964 bits per heavy atom. The minimum atomic E-state index is -0.692. The van der Waals surface area contributed by atoms with E-state index in [2.05, 4.69) is 10.6 Å². The summed E-state index contributed by atoms with van der Waals surface area (Å²) in [5.41, 5.74) is 6.29. The zero-order valence-electron chi connectivity index (χ0n) is 15.7. The van der Waals surface area contributed by atoms with Crippen LogP contribution in [0.5, 0.6) is 17.2 Å². The molecule has 0 spiro atoms. The average Bonchev–Trinajstić information content (AvgIpc) is 2.65. The first kappa shape index (κ1) is 20.6. The molecular weight excluding hydrogens is 366 g/mol. The normalized spacial score (nSPS) is 9.96. The number of nitrogens with two attached hydrogens (primary N) is 1. The highest BCUT2D eigenvalue weighted by Gasteiger charge is 2.14. The Hall–Kier alpha value is -3.75. The van der Waals surface area contributed by atoms with Crippen LogP contribution in [0.2, 0.25) is 0 Å². The van der Waals surface area contributed by atoms with Gasteiger partial charge >= 0.3 is 0 Å². The molecule has 2 aromatic carbocycles. The summed E-state index contributed by atoms with van der Waals surface area (Å²) in [7, 11) is 2.92. The second-order valence-corrected chi connectivity index (χ2v) is 5.66. The summed E-state index contributed by atoms with van der Waals surface area (Å²) in [6, 6.07) is 9.28. The molecule has 0 bridgehead atoms. The van der Waals surface area contributed by atoms with E-state index in [0.29, 0.717) is 22.9 Å². The fourth-order valence-corrected chi connectivity index (χ4v) is 2.37. The van der Waals surface area contributed by atoms with Gasteiger partial charge in [-0.15, -0.1) is 0 Å². The van der Waals surface area contributed by atoms with Gasteiger partial charge in [-0.2, -0.15) is 0 Å². The third kappa shape index (κ3) is 5.37. The van der Waals surface area contributed by atoms with Crippen molar-refractivity contribution >= 4 is 29.1 Å². The van der Waals surface area contributed by atoms with Crippen molar-refractivity contribution in [3.8, 4) is 17.2 Å². The fraction of sp³-hybridized carbons (Fsp3) is 0.211. The van der Waals surface area contributed by atoms with Crippen LogP contribution in [0.1, 0.15) is 17.3 Å². The molecule has 0 unspecified atom stereocenters. The number of carbonyl (C=O) groups is 3. The number of carbonyl (C=O) groups excluding carboxylic acids is 3. The lowest BCUT2D eigenvalue weighted by Crippen LogP contribution is -2.22. The van der Waals surface area contributed by atoms with Gasteiger partial charge in [-0.1, -0.05) is 0 Å². The Morgan fingerprint density at radius 3 is 2.32 bits per heavy atom. The molecule has 0 atom stereocenters. The Balaban J connectivity index is 2.12. The predicted octanol–water partition coefficient (Wildman–Crippen LogP) is 1.78. The molecule has 2 rings (SSSR count). The molecule has 0 aromatic heterocycles. The molecule has 0 aliphatic heterocycles. The van der Waals surface area contributed by atoms with E-state index in [-0.39, 0.29) is 23.8 Å². The number of nitrogens with one attached hydrogen (secondary N) is 2. The number of hydrogen-bond acceptors (Lipinski definition) is 6. The molecule has 2 aromatic rings. The smallest absolute Gasteiger partial charge is 0.262 e. The Bertz CT molecular complexity index is 897. The summed E-state index contributed by atoms with van der Waals surface area (Å²) in [4.78, 5) is 35.0. The van der Waals surface area contributed by atoms with Gasteiger partial charge in [0.05, 0.1) is 25.5 Å². The number of hydrogen-bond donors (Lipinski definition) is 3. The second kappa shape index (κ2) is 9.26. The molecule has 4 N–H and O–H groups in total. The maximum atomic E-state index is 12.3. The lowest BCUT2D eigenvalue weighted by molar-refractivity contribution is -0.118. The van der Waals surface area contributed by atoms with Crippen molar-refractivity contribution < 1.29 is 28.6 Å². The second-order valence-electron chi connectivity index (χ2n) is 5.66. The van der Waals surface area contributed by atoms with Gasteiger partial charge in [0, 0.05) is 18.7 Å². The van der Waals surface area contributed by atoms with E-state index in [1.807, 2.05) is 0 Å². The highest BCUT2D eigenvalue weighted by Crippen LogP contribution is 2.28. The molecule has 0 fully saturated rings. The third-order valence-corrected chi connectivity index (χ3v) is 3.61. The first-order valence-corrected chi connectivity index (χ1v) is 8.20. The molecular formula is C19H21N3O6. The number of rotatable bonds is 8. The van der Waals surface area contributed by atoms with Crippen LogP contribution < -0.4 is 30.6 Å². The molecule has 0 heterocycles. The summed E-state index contributed by atoms with van der Waals surface area (Å²) in [6.07, 6.45) is 0. The molecule has 0 radical (unpaired) electrons. The molecule has 0 saturated carbocycles. The molecule has 0 aliphatic rings. The van der Waals surface area contributed by atoms with Gasteiger partial charge in [0.25, 0.3) is 11.8 Å². The number of primary amides is 1. The summed E-state index contributed by atoms with van der Waals surface area (Å²) in [5, 5.41) is 5.25. The molecule has 0 saturated heterocycles. The van der Waals surface area contributed by atoms with Crippen molar-refractivity contribution in [3.05, 3.63) is 42.0 Å². The van der Waals surface area contributed by atoms with Crippen LogP contribution in [-0.4, -0.2) is 38.5 Å². The molecule has 9 heteroatoms. The maximum absolute atomic E-state index is 12.3. The van der Waals surface area contributed by atoms with Crippen LogP contribution >= 0.6 is 0 Å². The summed E-state index contributed by atoms with van der Waals surface area (Å²) in [6.45, 7) is 0.988. The molecule has 9 nitrogen and oxygen atoms in total. The van der Waals surface area contributed by atoms with Crippen LogP contribution in [0.3, 0.4) is 0 Å². The topological polar surface area (TPSA) is 129 Å². The van der Waals surface area contributed by atoms with E-state index >= 15 is 0 Å². The van der Waals surface area contributed by atoms with Crippen LogP contribution in [0.4, 0.5) is 11.4 Å². The quantitative estimate of drug-likeness (QED) is 0.633. The number of benzene rings is 2. The minimum absolute atomic E-state index is 0.124. The molecule has 148 valence electrons.